The van der Waals surface area contributed by atoms with E-state index in [0.29, 0.717) is 23.9 Å². The first-order valence-electron chi connectivity index (χ1n) is 6.27. The van der Waals surface area contributed by atoms with Crippen LogP contribution in [0.1, 0.15) is 40.5 Å². The fraction of sp³-hybridized carbons (Fsp3) is 0.923. The van der Waals surface area contributed by atoms with Gasteiger partial charge in [-0.25, -0.2) is 0 Å². The lowest BCUT2D eigenvalue weighted by Gasteiger charge is -2.65. The first kappa shape index (κ1) is 11.9. The summed E-state index contributed by atoms with van der Waals surface area (Å²) < 4.78 is 5.14. The zero-order chi connectivity index (χ0) is 12.1. The van der Waals surface area contributed by atoms with Crippen molar-refractivity contribution in [2.45, 2.75) is 46.1 Å². The molecular weight excluding hydrogens is 202 g/mol. The van der Waals surface area contributed by atoms with Gasteiger partial charge >= 0.3 is 5.97 Å². The molecule has 3 aliphatic rings. The zero-order valence-electron chi connectivity index (χ0n) is 10.7. The molecule has 0 heterocycles. The van der Waals surface area contributed by atoms with Gasteiger partial charge in [-0.3, -0.25) is 4.79 Å². The van der Waals surface area contributed by atoms with Crippen LogP contribution in [0.15, 0.2) is 0 Å². The Morgan fingerprint density at radius 2 is 2.00 bits per heavy atom. The summed E-state index contributed by atoms with van der Waals surface area (Å²) in [5.74, 6) is 0.888. The molecule has 3 fully saturated rings. The summed E-state index contributed by atoms with van der Waals surface area (Å²) >= 11 is 0. The Morgan fingerprint density at radius 1 is 1.38 bits per heavy atom. The van der Waals surface area contributed by atoms with Crippen molar-refractivity contribution in [1.82, 2.24) is 0 Å². The number of ether oxygens (including phenoxy) is 1. The molecule has 0 aromatic carbocycles. The Morgan fingerprint density at radius 3 is 2.44 bits per heavy atom. The first-order chi connectivity index (χ1) is 7.31. The smallest absolute Gasteiger partial charge is 0.310 e. The monoisotopic (exact) mass is 225 g/mol. The number of nitrogens with two attached hydrogens (primary N) is 1. The number of carbonyl (C=O) groups excluding carboxylic acids is 1. The van der Waals surface area contributed by atoms with Gasteiger partial charge in [0.1, 0.15) is 0 Å². The second-order valence-corrected chi connectivity index (χ2v) is 6.21. The standard InChI is InChI=1S/C13H23NO2/c1-5-16-11(15)9-6-8-7-10(12(8,2)3)13(9,4)14/h8-10H,5-7,14H2,1-4H3/t8-,9+,10+,13-/m1/s1. The molecule has 0 unspecified atom stereocenters. The molecule has 0 aliphatic heterocycles. The molecule has 3 rings (SSSR count). The van der Waals surface area contributed by atoms with Crippen LogP contribution in [0.2, 0.25) is 0 Å². The van der Waals surface area contributed by atoms with Crippen LogP contribution in [0, 0.1) is 23.2 Å². The summed E-state index contributed by atoms with van der Waals surface area (Å²) in [4.78, 5) is 11.9. The zero-order valence-corrected chi connectivity index (χ0v) is 10.7. The van der Waals surface area contributed by atoms with E-state index < -0.39 is 5.54 Å². The fourth-order valence-electron chi connectivity index (χ4n) is 3.85. The Bertz CT molecular complexity index is 309. The third kappa shape index (κ3) is 1.41. The highest BCUT2D eigenvalue weighted by Gasteiger charge is 2.63. The first-order valence-corrected chi connectivity index (χ1v) is 6.27. The second-order valence-electron chi connectivity index (χ2n) is 6.21. The maximum Gasteiger partial charge on any atom is 0.310 e. The van der Waals surface area contributed by atoms with Crippen LogP contribution in [0.25, 0.3) is 0 Å². The normalized spacial score (nSPS) is 44.7. The van der Waals surface area contributed by atoms with Crippen molar-refractivity contribution in [2.75, 3.05) is 6.61 Å². The van der Waals surface area contributed by atoms with Crippen molar-refractivity contribution < 1.29 is 9.53 Å². The minimum atomic E-state index is -0.398. The number of carbonyl (C=O) groups is 1. The third-order valence-electron chi connectivity index (χ3n) is 5.06. The SMILES string of the molecule is CCOC(=O)[C@@H]1C[C@@H]2C[C@@H](C2(C)C)[C@]1(C)N. The molecule has 3 saturated carbocycles. The van der Waals surface area contributed by atoms with Gasteiger partial charge < -0.3 is 10.5 Å². The van der Waals surface area contributed by atoms with Gasteiger partial charge in [0, 0.05) is 5.54 Å². The summed E-state index contributed by atoms with van der Waals surface area (Å²) in [5, 5.41) is 0. The summed E-state index contributed by atoms with van der Waals surface area (Å²) in [5.41, 5.74) is 6.31. The molecule has 0 aromatic heterocycles. The lowest BCUT2D eigenvalue weighted by molar-refractivity contribution is -0.177. The van der Waals surface area contributed by atoms with Gasteiger partial charge in [0.25, 0.3) is 0 Å². The minimum Gasteiger partial charge on any atom is -0.466 e. The molecule has 0 spiro atoms. The van der Waals surface area contributed by atoms with Crippen molar-refractivity contribution >= 4 is 5.97 Å². The summed E-state index contributed by atoms with van der Waals surface area (Å²) in [6.45, 7) is 8.87. The molecule has 2 N–H and O–H groups in total. The maximum atomic E-state index is 11.9. The van der Waals surface area contributed by atoms with E-state index in [1.165, 1.54) is 6.42 Å². The van der Waals surface area contributed by atoms with Crippen LogP contribution >= 0.6 is 0 Å². The van der Waals surface area contributed by atoms with Gasteiger partial charge in [0.15, 0.2) is 0 Å². The van der Waals surface area contributed by atoms with Crippen molar-refractivity contribution in [3.63, 3.8) is 0 Å². The summed E-state index contributed by atoms with van der Waals surface area (Å²) in [6, 6.07) is 0. The average molecular weight is 225 g/mol. The van der Waals surface area contributed by atoms with Gasteiger partial charge in [0.2, 0.25) is 0 Å². The quantitative estimate of drug-likeness (QED) is 0.731. The topological polar surface area (TPSA) is 52.3 Å². The molecule has 3 aliphatic carbocycles. The van der Waals surface area contributed by atoms with Gasteiger partial charge in [-0.05, 0) is 43.9 Å². The molecule has 0 amide bonds. The van der Waals surface area contributed by atoms with E-state index in [4.69, 9.17) is 10.5 Å². The van der Waals surface area contributed by atoms with Gasteiger partial charge in [-0.1, -0.05) is 13.8 Å². The van der Waals surface area contributed by atoms with E-state index in [-0.39, 0.29) is 11.9 Å². The Balaban J connectivity index is 2.17. The third-order valence-corrected chi connectivity index (χ3v) is 5.06. The minimum absolute atomic E-state index is 0.0994. The van der Waals surface area contributed by atoms with E-state index in [1.807, 2.05) is 13.8 Å². The molecule has 3 nitrogen and oxygen atoms in total. The molecule has 0 aromatic rings. The number of hydrogen-bond donors (Lipinski definition) is 1. The van der Waals surface area contributed by atoms with Crippen LogP contribution in [0.3, 0.4) is 0 Å². The number of esters is 1. The highest BCUT2D eigenvalue weighted by molar-refractivity contribution is 5.74. The predicted octanol–water partition coefficient (Wildman–Crippen LogP) is 1.95. The number of hydrogen-bond acceptors (Lipinski definition) is 3. The molecule has 92 valence electrons. The van der Waals surface area contributed by atoms with Gasteiger partial charge in [-0.15, -0.1) is 0 Å². The average Bonchev–Trinajstić information content (AvgIpc) is 2.15. The number of fused-ring (bicyclic) bond motifs is 2. The molecule has 0 radical (unpaired) electrons. The van der Waals surface area contributed by atoms with Crippen LogP contribution in [-0.4, -0.2) is 18.1 Å². The van der Waals surface area contributed by atoms with Gasteiger partial charge in [-0.2, -0.15) is 0 Å². The molecule has 0 saturated heterocycles. The van der Waals surface area contributed by atoms with Crippen LogP contribution < -0.4 is 5.73 Å². The second kappa shape index (κ2) is 3.46. The molecule has 2 bridgehead atoms. The van der Waals surface area contributed by atoms with Crippen molar-refractivity contribution in [1.29, 1.82) is 0 Å². The largest absolute Gasteiger partial charge is 0.466 e. The molecule has 4 atom stereocenters. The molecule has 16 heavy (non-hydrogen) atoms. The number of rotatable bonds is 2. The van der Waals surface area contributed by atoms with Crippen molar-refractivity contribution in [3.05, 3.63) is 0 Å². The van der Waals surface area contributed by atoms with Crippen LogP contribution in [0.5, 0.6) is 0 Å². The van der Waals surface area contributed by atoms with Crippen molar-refractivity contribution in [3.8, 4) is 0 Å². The Labute approximate surface area is 97.7 Å². The van der Waals surface area contributed by atoms with E-state index in [1.54, 1.807) is 0 Å². The summed E-state index contributed by atoms with van der Waals surface area (Å²) in [6.07, 6.45) is 2.07. The van der Waals surface area contributed by atoms with Crippen LogP contribution in [0.4, 0.5) is 0 Å². The van der Waals surface area contributed by atoms with Crippen molar-refractivity contribution in [2.24, 2.45) is 28.9 Å². The van der Waals surface area contributed by atoms with E-state index in [9.17, 15) is 4.79 Å². The van der Waals surface area contributed by atoms with E-state index in [0.717, 1.165) is 6.42 Å². The lowest BCUT2D eigenvalue weighted by Crippen LogP contribution is -2.69. The van der Waals surface area contributed by atoms with Crippen LogP contribution in [-0.2, 0) is 9.53 Å². The van der Waals surface area contributed by atoms with E-state index in [2.05, 4.69) is 13.8 Å². The predicted molar refractivity (Wildman–Crippen MR) is 62.7 cm³/mol. The molecule has 3 heteroatoms. The highest BCUT2D eigenvalue weighted by atomic mass is 16.5. The highest BCUT2D eigenvalue weighted by Crippen LogP contribution is 2.63. The fourth-order valence-corrected chi connectivity index (χ4v) is 3.85. The Kier molecular flexibility index (Phi) is 2.57. The Hall–Kier alpha value is -0.570. The maximum absolute atomic E-state index is 11.9. The summed E-state index contributed by atoms with van der Waals surface area (Å²) in [7, 11) is 0. The molecular formula is C13H23NO2. The van der Waals surface area contributed by atoms with E-state index >= 15 is 0 Å². The lowest BCUT2D eigenvalue weighted by atomic mass is 9.41. The van der Waals surface area contributed by atoms with Gasteiger partial charge in [0.05, 0.1) is 12.5 Å².